The van der Waals surface area contributed by atoms with Crippen molar-refractivity contribution in [2.24, 2.45) is 0 Å². The predicted octanol–water partition coefficient (Wildman–Crippen LogP) is 0.422. The SMILES string of the molecule is Nc1cnc(CN2CC3CCC(C2)O3)cn1. The number of hydrogen-bond donors (Lipinski definition) is 1. The number of anilines is 1. The van der Waals surface area contributed by atoms with E-state index in [0.717, 1.165) is 25.3 Å². The van der Waals surface area contributed by atoms with Gasteiger partial charge in [0.2, 0.25) is 0 Å². The smallest absolute Gasteiger partial charge is 0.141 e. The molecule has 0 radical (unpaired) electrons. The quantitative estimate of drug-likeness (QED) is 0.782. The monoisotopic (exact) mass is 220 g/mol. The first-order valence-electron chi connectivity index (χ1n) is 5.74. The standard InChI is InChI=1S/C11H16N4O/c12-11-4-13-8(3-14-11)5-15-6-9-1-2-10(7-15)16-9/h3-4,9-10H,1-2,5-7H2,(H2,12,14). The fourth-order valence-corrected chi connectivity index (χ4v) is 2.50. The van der Waals surface area contributed by atoms with Gasteiger partial charge in [-0.25, -0.2) is 4.98 Å². The van der Waals surface area contributed by atoms with Crippen LogP contribution in [0, 0.1) is 0 Å². The summed E-state index contributed by atoms with van der Waals surface area (Å²) in [6, 6.07) is 0. The number of nitrogens with zero attached hydrogens (tertiary/aromatic N) is 3. The summed E-state index contributed by atoms with van der Waals surface area (Å²) in [7, 11) is 0. The number of fused-ring (bicyclic) bond motifs is 2. The molecule has 1 aromatic heterocycles. The molecule has 0 saturated carbocycles. The van der Waals surface area contributed by atoms with E-state index in [4.69, 9.17) is 10.5 Å². The van der Waals surface area contributed by atoms with Crippen molar-refractivity contribution in [1.29, 1.82) is 0 Å². The highest BCUT2D eigenvalue weighted by atomic mass is 16.5. The van der Waals surface area contributed by atoms with Crippen molar-refractivity contribution in [2.45, 2.75) is 31.6 Å². The summed E-state index contributed by atoms with van der Waals surface area (Å²) in [5.41, 5.74) is 6.49. The maximum absolute atomic E-state index is 5.79. The number of nitrogen functional groups attached to an aromatic ring is 1. The van der Waals surface area contributed by atoms with Crippen LogP contribution in [-0.4, -0.2) is 40.2 Å². The van der Waals surface area contributed by atoms with E-state index in [1.807, 2.05) is 0 Å². The van der Waals surface area contributed by atoms with Gasteiger partial charge in [-0.3, -0.25) is 9.88 Å². The zero-order valence-corrected chi connectivity index (χ0v) is 9.17. The van der Waals surface area contributed by atoms with Crippen molar-refractivity contribution >= 4 is 5.82 Å². The minimum Gasteiger partial charge on any atom is -0.382 e. The van der Waals surface area contributed by atoms with E-state index in [1.54, 1.807) is 12.4 Å². The van der Waals surface area contributed by atoms with Gasteiger partial charge in [0.25, 0.3) is 0 Å². The molecule has 2 fully saturated rings. The van der Waals surface area contributed by atoms with Gasteiger partial charge in [-0.15, -0.1) is 0 Å². The van der Waals surface area contributed by atoms with E-state index in [-0.39, 0.29) is 0 Å². The second kappa shape index (κ2) is 3.99. The molecule has 5 nitrogen and oxygen atoms in total. The molecule has 0 amide bonds. The highest BCUT2D eigenvalue weighted by molar-refractivity contribution is 5.22. The largest absolute Gasteiger partial charge is 0.382 e. The third kappa shape index (κ3) is 2.01. The van der Waals surface area contributed by atoms with Crippen LogP contribution < -0.4 is 5.73 Å². The summed E-state index contributed by atoms with van der Waals surface area (Å²) in [5, 5.41) is 0. The van der Waals surface area contributed by atoms with Gasteiger partial charge in [-0.2, -0.15) is 0 Å². The normalized spacial score (nSPS) is 29.5. The molecule has 0 aliphatic carbocycles. The zero-order chi connectivity index (χ0) is 11.0. The lowest BCUT2D eigenvalue weighted by molar-refractivity contribution is -0.0414. The van der Waals surface area contributed by atoms with E-state index < -0.39 is 0 Å². The topological polar surface area (TPSA) is 64.3 Å². The van der Waals surface area contributed by atoms with Crippen LogP contribution in [0.2, 0.25) is 0 Å². The first-order valence-corrected chi connectivity index (χ1v) is 5.74. The molecule has 2 aliphatic heterocycles. The van der Waals surface area contributed by atoms with Crippen LogP contribution >= 0.6 is 0 Å². The van der Waals surface area contributed by atoms with Crippen LogP contribution in [-0.2, 0) is 11.3 Å². The van der Waals surface area contributed by atoms with E-state index in [0.29, 0.717) is 18.0 Å². The molecule has 2 saturated heterocycles. The van der Waals surface area contributed by atoms with E-state index >= 15 is 0 Å². The van der Waals surface area contributed by atoms with E-state index in [9.17, 15) is 0 Å². The Morgan fingerprint density at radius 3 is 2.62 bits per heavy atom. The Morgan fingerprint density at radius 2 is 2.00 bits per heavy atom. The zero-order valence-electron chi connectivity index (χ0n) is 9.17. The first-order chi connectivity index (χ1) is 7.79. The first kappa shape index (κ1) is 9.99. The third-order valence-electron chi connectivity index (χ3n) is 3.23. The lowest BCUT2D eigenvalue weighted by Crippen LogP contribution is -2.42. The molecule has 1 aromatic rings. The van der Waals surface area contributed by atoms with Crippen molar-refractivity contribution in [3.8, 4) is 0 Å². The van der Waals surface area contributed by atoms with Gasteiger partial charge in [-0.1, -0.05) is 0 Å². The Bertz CT molecular complexity index is 355. The molecule has 0 aromatic carbocycles. The molecule has 2 atom stereocenters. The van der Waals surface area contributed by atoms with Crippen LogP contribution in [0.5, 0.6) is 0 Å². The van der Waals surface area contributed by atoms with Crippen molar-refractivity contribution in [3.05, 3.63) is 18.1 Å². The summed E-state index contributed by atoms with van der Waals surface area (Å²) in [6.45, 7) is 2.88. The summed E-state index contributed by atoms with van der Waals surface area (Å²) in [4.78, 5) is 10.7. The second-order valence-corrected chi connectivity index (χ2v) is 4.58. The molecule has 2 aliphatic rings. The number of ether oxygens (including phenoxy) is 1. The molecular weight excluding hydrogens is 204 g/mol. The van der Waals surface area contributed by atoms with Gasteiger partial charge in [0, 0.05) is 19.6 Å². The highest BCUT2D eigenvalue weighted by Crippen LogP contribution is 2.26. The van der Waals surface area contributed by atoms with Gasteiger partial charge in [0.05, 0.1) is 30.3 Å². The van der Waals surface area contributed by atoms with Gasteiger partial charge in [0.1, 0.15) is 5.82 Å². The second-order valence-electron chi connectivity index (χ2n) is 4.58. The van der Waals surface area contributed by atoms with Gasteiger partial charge in [0.15, 0.2) is 0 Å². The fraction of sp³-hybridized carbons (Fsp3) is 0.636. The Labute approximate surface area is 94.6 Å². The van der Waals surface area contributed by atoms with Crippen molar-refractivity contribution in [2.75, 3.05) is 18.8 Å². The summed E-state index contributed by atoms with van der Waals surface area (Å²) in [5.74, 6) is 0.478. The Kier molecular flexibility index (Phi) is 2.49. The van der Waals surface area contributed by atoms with Crippen LogP contribution in [0.4, 0.5) is 5.82 Å². The Morgan fingerprint density at radius 1 is 1.25 bits per heavy atom. The van der Waals surface area contributed by atoms with Crippen molar-refractivity contribution in [1.82, 2.24) is 14.9 Å². The van der Waals surface area contributed by atoms with Crippen LogP contribution in [0.1, 0.15) is 18.5 Å². The lowest BCUT2D eigenvalue weighted by Gasteiger charge is -2.31. The number of hydrogen-bond acceptors (Lipinski definition) is 5. The minimum atomic E-state index is 0.431. The molecule has 16 heavy (non-hydrogen) atoms. The maximum Gasteiger partial charge on any atom is 0.141 e. The molecular formula is C11H16N4O. The molecule has 3 rings (SSSR count). The van der Waals surface area contributed by atoms with Crippen LogP contribution in [0.3, 0.4) is 0 Å². The fourth-order valence-electron chi connectivity index (χ4n) is 2.50. The van der Waals surface area contributed by atoms with E-state index in [1.165, 1.54) is 12.8 Å². The predicted molar refractivity (Wildman–Crippen MR) is 59.6 cm³/mol. The average Bonchev–Trinajstić information content (AvgIpc) is 2.62. The maximum atomic E-state index is 5.79. The summed E-state index contributed by atoms with van der Waals surface area (Å²) < 4.78 is 5.79. The number of rotatable bonds is 2. The lowest BCUT2D eigenvalue weighted by atomic mass is 10.2. The molecule has 2 bridgehead atoms. The highest BCUT2D eigenvalue weighted by Gasteiger charge is 2.33. The Balaban J connectivity index is 1.64. The number of morpholine rings is 1. The van der Waals surface area contributed by atoms with Gasteiger partial charge < -0.3 is 10.5 Å². The number of aromatic nitrogens is 2. The molecule has 3 heterocycles. The number of nitrogens with two attached hydrogens (primary N) is 1. The number of likely N-dealkylation sites (tertiary alicyclic amines) is 1. The van der Waals surface area contributed by atoms with Gasteiger partial charge in [-0.05, 0) is 12.8 Å². The van der Waals surface area contributed by atoms with Crippen LogP contribution in [0.25, 0.3) is 0 Å². The van der Waals surface area contributed by atoms with Crippen molar-refractivity contribution in [3.63, 3.8) is 0 Å². The van der Waals surface area contributed by atoms with Crippen molar-refractivity contribution < 1.29 is 4.74 Å². The third-order valence-corrected chi connectivity index (χ3v) is 3.23. The molecule has 2 N–H and O–H groups in total. The van der Waals surface area contributed by atoms with Gasteiger partial charge >= 0.3 is 0 Å². The molecule has 86 valence electrons. The molecule has 5 heteroatoms. The summed E-state index contributed by atoms with van der Waals surface area (Å²) >= 11 is 0. The molecule has 0 spiro atoms. The molecule has 2 unspecified atom stereocenters. The minimum absolute atomic E-state index is 0.431. The van der Waals surface area contributed by atoms with Crippen LogP contribution in [0.15, 0.2) is 12.4 Å². The van der Waals surface area contributed by atoms with E-state index in [2.05, 4.69) is 14.9 Å². The average molecular weight is 220 g/mol. The Hall–Kier alpha value is -1.20. The summed E-state index contributed by atoms with van der Waals surface area (Å²) in [6.07, 6.45) is 6.64.